The van der Waals surface area contributed by atoms with Crippen LogP contribution in [-0.4, -0.2) is 17.1 Å². The Balaban J connectivity index is 2.23. The quantitative estimate of drug-likeness (QED) is 0.842. The third kappa shape index (κ3) is 3.01. The minimum Gasteiger partial charge on any atom is -0.369 e. The van der Waals surface area contributed by atoms with E-state index in [-0.39, 0.29) is 5.54 Å². The predicted octanol–water partition coefficient (Wildman–Crippen LogP) is 4.42. The van der Waals surface area contributed by atoms with E-state index in [4.69, 9.17) is 23.2 Å². The zero-order chi connectivity index (χ0) is 13.3. The van der Waals surface area contributed by atoms with Crippen LogP contribution in [0.4, 0.5) is 11.6 Å². The summed E-state index contributed by atoms with van der Waals surface area (Å²) in [5, 5.41) is 7.68. The maximum Gasteiger partial charge on any atom is 0.147 e. The van der Waals surface area contributed by atoms with Gasteiger partial charge >= 0.3 is 0 Å². The van der Waals surface area contributed by atoms with E-state index in [0.29, 0.717) is 27.6 Å². The summed E-state index contributed by atoms with van der Waals surface area (Å²) in [6.07, 6.45) is 2.54. The smallest absolute Gasteiger partial charge is 0.147 e. The van der Waals surface area contributed by atoms with Gasteiger partial charge in [0.1, 0.15) is 11.6 Å². The molecule has 1 aromatic heterocycles. The fourth-order valence-corrected chi connectivity index (χ4v) is 2.53. The predicted molar refractivity (Wildman–Crippen MR) is 78.8 cm³/mol. The van der Waals surface area contributed by atoms with Crippen LogP contribution >= 0.6 is 23.2 Å². The fourth-order valence-electron chi connectivity index (χ4n) is 2.06. The van der Waals surface area contributed by atoms with Gasteiger partial charge in [-0.05, 0) is 45.6 Å². The highest BCUT2D eigenvalue weighted by Crippen LogP contribution is 2.42. The van der Waals surface area contributed by atoms with Crippen LogP contribution in [0, 0.1) is 5.92 Å². The van der Waals surface area contributed by atoms with E-state index in [2.05, 4.69) is 29.5 Å². The Morgan fingerprint density at radius 3 is 2.44 bits per heavy atom. The first-order chi connectivity index (χ1) is 8.44. The van der Waals surface area contributed by atoms with Crippen LogP contribution in [0.25, 0.3) is 0 Å². The molecule has 0 saturated heterocycles. The molecule has 0 aliphatic heterocycles. The number of aromatic nitrogens is 1. The zero-order valence-electron chi connectivity index (χ0n) is 11.0. The number of anilines is 2. The van der Waals surface area contributed by atoms with Gasteiger partial charge in [-0.3, -0.25) is 0 Å². The van der Waals surface area contributed by atoms with Crippen molar-refractivity contribution in [2.45, 2.75) is 39.2 Å². The average molecular weight is 288 g/mol. The molecule has 0 spiro atoms. The molecule has 0 amide bonds. The number of pyridine rings is 1. The second-order valence-electron chi connectivity index (χ2n) is 5.30. The highest BCUT2D eigenvalue weighted by molar-refractivity contribution is 6.37. The summed E-state index contributed by atoms with van der Waals surface area (Å²) in [6.45, 7) is 7.15. The minimum atomic E-state index is 0.0218. The summed E-state index contributed by atoms with van der Waals surface area (Å²) in [5.74, 6) is 2.08. The van der Waals surface area contributed by atoms with Gasteiger partial charge in [0.05, 0.1) is 10.0 Å². The van der Waals surface area contributed by atoms with Crippen LogP contribution in [0.15, 0.2) is 6.07 Å². The molecule has 1 aliphatic rings. The van der Waals surface area contributed by atoms with Gasteiger partial charge in [-0.2, -0.15) is 0 Å². The summed E-state index contributed by atoms with van der Waals surface area (Å²) in [5.41, 5.74) is 0.0218. The second-order valence-corrected chi connectivity index (χ2v) is 6.11. The largest absolute Gasteiger partial charge is 0.369 e. The van der Waals surface area contributed by atoms with Crippen molar-refractivity contribution in [2.24, 2.45) is 5.92 Å². The first kappa shape index (κ1) is 13.8. The molecule has 100 valence electrons. The monoisotopic (exact) mass is 287 g/mol. The standard InChI is InChI=1S/C13H19Cl2N3/c1-4-16-11-9(14)7-10(15)12(17-11)18-13(2,3)8-5-6-8/h7-8H,4-6H2,1-3H3,(H2,16,17,18). The van der Waals surface area contributed by atoms with Crippen molar-refractivity contribution >= 4 is 34.8 Å². The molecule has 2 rings (SSSR count). The minimum absolute atomic E-state index is 0.0218. The summed E-state index contributed by atoms with van der Waals surface area (Å²) >= 11 is 12.3. The lowest BCUT2D eigenvalue weighted by Crippen LogP contribution is -2.33. The molecule has 0 bridgehead atoms. The van der Waals surface area contributed by atoms with Gasteiger partial charge in [-0.25, -0.2) is 4.98 Å². The molecule has 0 radical (unpaired) electrons. The molecule has 0 aromatic carbocycles. The van der Waals surface area contributed by atoms with E-state index in [9.17, 15) is 0 Å². The maximum absolute atomic E-state index is 6.20. The highest BCUT2D eigenvalue weighted by atomic mass is 35.5. The van der Waals surface area contributed by atoms with Crippen LogP contribution in [0.3, 0.4) is 0 Å². The van der Waals surface area contributed by atoms with Crippen LogP contribution in [0.5, 0.6) is 0 Å². The zero-order valence-corrected chi connectivity index (χ0v) is 12.5. The summed E-state index contributed by atoms with van der Waals surface area (Å²) < 4.78 is 0. The molecule has 0 unspecified atom stereocenters. The Morgan fingerprint density at radius 1 is 1.28 bits per heavy atom. The van der Waals surface area contributed by atoms with E-state index < -0.39 is 0 Å². The second kappa shape index (κ2) is 5.14. The lowest BCUT2D eigenvalue weighted by molar-refractivity contribution is 0.493. The van der Waals surface area contributed by atoms with Crippen molar-refractivity contribution in [1.29, 1.82) is 0 Å². The first-order valence-corrected chi connectivity index (χ1v) is 7.07. The third-order valence-corrected chi connectivity index (χ3v) is 3.89. The molecular formula is C13H19Cl2N3. The van der Waals surface area contributed by atoms with Crippen LogP contribution in [0.2, 0.25) is 10.0 Å². The van der Waals surface area contributed by atoms with Crippen molar-refractivity contribution in [1.82, 2.24) is 4.98 Å². The van der Waals surface area contributed by atoms with Crippen LogP contribution < -0.4 is 10.6 Å². The van der Waals surface area contributed by atoms with Gasteiger partial charge in [-0.15, -0.1) is 0 Å². The Morgan fingerprint density at radius 2 is 1.89 bits per heavy atom. The molecule has 0 atom stereocenters. The molecule has 1 heterocycles. The number of hydrogen-bond donors (Lipinski definition) is 2. The number of nitrogens with zero attached hydrogens (tertiary/aromatic N) is 1. The lowest BCUT2D eigenvalue weighted by atomic mass is 9.99. The molecule has 1 fully saturated rings. The van der Waals surface area contributed by atoms with Gasteiger partial charge in [0.25, 0.3) is 0 Å². The van der Waals surface area contributed by atoms with Gasteiger partial charge in [0, 0.05) is 12.1 Å². The summed E-state index contributed by atoms with van der Waals surface area (Å²) in [6, 6.07) is 1.74. The van der Waals surface area contributed by atoms with Crippen molar-refractivity contribution in [2.75, 3.05) is 17.2 Å². The van der Waals surface area contributed by atoms with Crippen molar-refractivity contribution < 1.29 is 0 Å². The van der Waals surface area contributed by atoms with E-state index in [1.165, 1.54) is 12.8 Å². The van der Waals surface area contributed by atoms with Gasteiger partial charge in [-0.1, -0.05) is 23.2 Å². The van der Waals surface area contributed by atoms with Crippen molar-refractivity contribution in [3.05, 3.63) is 16.1 Å². The molecule has 1 saturated carbocycles. The molecule has 1 aromatic rings. The Labute approximate surface area is 118 Å². The topological polar surface area (TPSA) is 37.0 Å². The molecule has 3 nitrogen and oxygen atoms in total. The van der Waals surface area contributed by atoms with Gasteiger partial charge in [0.2, 0.25) is 0 Å². The van der Waals surface area contributed by atoms with Crippen molar-refractivity contribution in [3.63, 3.8) is 0 Å². The van der Waals surface area contributed by atoms with Gasteiger partial charge < -0.3 is 10.6 Å². The Hall–Kier alpha value is -0.670. The lowest BCUT2D eigenvalue weighted by Gasteiger charge is -2.27. The summed E-state index contributed by atoms with van der Waals surface area (Å²) in [4.78, 5) is 4.47. The maximum atomic E-state index is 6.20. The average Bonchev–Trinajstić information content (AvgIpc) is 3.08. The van der Waals surface area contributed by atoms with Crippen LogP contribution in [-0.2, 0) is 0 Å². The van der Waals surface area contributed by atoms with E-state index >= 15 is 0 Å². The highest BCUT2D eigenvalue weighted by Gasteiger charge is 2.38. The number of nitrogens with one attached hydrogen (secondary N) is 2. The van der Waals surface area contributed by atoms with Gasteiger partial charge in [0.15, 0.2) is 0 Å². The number of halogens is 2. The van der Waals surface area contributed by atoms with E-state index in [0.717, 1.165) is 6.54 Å². The number of hydrogen-bond acceptors (Lipinski definition) is 3. The fraction of sp³-hybridized carbons (Fsp3) is 0.615. The molecular weight excluding hydrogens is 269 g/mol. The Bertz CT molecular complexity index is 442. The van der Waals surface area contributed by atoms with E-state index in [1.54, 1.807) is 6.07 Å². The Kier molecular flexibility index (Phi) is 3.93. The third-order valence-electron chi connectivity index (χ3n) is 3.31. The first-order valence-electron chi connectivity index (χ1n) is 6.32. The van der Waals surface area contributed by atoms with Crippen LogP contribution in [0.1, 0.15) is 33.6 Å². The molecule has 1 aliphatic carbocycles. The SMILES string of the molecule is CCNc1nc(NC(C)(C)C2CC2)c(Cl)cc1Cl. The van der Waals surface area contributed by atoms with Crippen molar-refractivity contribution in [3.8, 4) is 0 Å². The number of rotatable bonds is 5. The molecule has 18 heavy (non-hydrogen) atoms. The normalized spacial score (nSPS) is 15.6. The molecule has 2 N–H and O–H groups in total. The van der Waals surface area contributed by atoms with E-state index in [1.807, 2.05) is 6.92 Å². The molecule has 5 heteroatoms. The summed E-state index contributed by atoms with van der Waals surface area (Å²) in [7, 11) is 0.